The average molecular weight is 229 g/mol. The maximum absolute atomic E-state index is 12.4. The second-order valence-corrected chi connectivity index (χ2v) is 3.34. The van der Waals surface area contributed by atoms with E-state index < -0.39 is 42.6 Å². The molecule has 0 unspecified atom stereocenters. The van der Waals surface area contributed by atoms with Crippen molar-refractivity contribution in [2.45, 2.75) is 30.7 Å². The lowest BCUT2D eigenvalue weighted by atomic mass is 9.75. The van der Waals surface area contributed by atoms with Crippen LogP contribution >= 0.6 is 0 Å². The van der Waals surface area contributed by atoms with Crippen molar-refractivity contribution in [3.8, 4) is 0 Å². The molecular formula is C7H7F4NO3. The van der Waals surface area contributed by atoms with E-state index in [-0.39, 0.29) is 0 Å². The van der Waals surface area contributed by atoms with Gasteiger partial charge in [-0.05, 0) is 0 Å². The van der Waals surface area contributed by atoms with Crippen LogP contribution in [0.25, 0.3) is 0 Å². The fraction of sp³-hybridized carbons (Fsp3) is 0.714. The Morgan fingerprint density at radius 1 is 1.33 bits per heavy atom. The molecule has 0 aliphatic heterocycles. The van der Waals surface area contributed by atoms with Crippen LogP contribution in [0.2, 0.25) is 0 Å². The van der Waals surface area contributed by atoms with Crippen LogP contribution in [0.15, 0.2) is 0 Å². The van der Waals surface area contributed by atoms with Crippen LogP contribution in [0.1, 0.15) is 12.8 Å². The SMILES string of the molecule is O=C(NC1(C(=O)O)CC(F)C1)C(F)(F)F. The molecule has 8 heteroatoms. The Kier molecular flexibility index (Phi) is 2.62. The van der Waals surface area contributed by atoms with Gasteiger partial charge in [0.15, 0.2) is 0 Å². The van der Waals surface area contributed by atoms with Crippen LogP contribution in [0.3, 0.4) is 0 Å². The second kappa shape index (κ2) is 3.35. The summed E-state index contributed by atoms with van der Waals surface area (Å²) in [5.41, 5.74) is -2.11. The number of rotatable bonds is 2. The number of carbonyl (C=O) groups excluding carboxylic acids is 1. The molecule has 1 saturated carbocycles. The van der Waals surface area contributed by atoms with Gasteiger partial charge in [0, 0.05) is 12.8 Å². The zero-order valence-electron chi connectivity index (χ0n) is 7.27. The molecular weight excluding hydrogens is 222 g/mol. The zero-order valence-corrected chi connectivity index (χ0v) is 7.27. The van der Waals surface area contributed by atoms with Crippen LogP contribution in [0, 0.1) is 0 Å². The predicted molar refractivity (Wildman–Crippen MR) is 38.7 cm³/mol. The lowest BCUT2D eigenvalue weighted by molar-refractivity contribution is -0.181. The van der Waals surface area contributed by atoms with Crippen molar-refractivity contribution < 1.29 is 32.3 Å². The number of carboxylic acids is 1. The minimum absolute atomic E-state index is 0.635. The van der Waals surface area contributed by atoms with Gasteiger partial charge in [-0.3, -0.25) is 4.79 Å². The van der Waals surface area contributed by atoms with E-state index >= 15 is 0 Å². The van der Waals surface area contributed by atoms with E-state index in [0.29, 0.717) is 0 Å². The number of aliphatic carboxylic acids is 1. The number of nitrogens with one attached hydrogen (secondary N) is 1. The van der Waals surface area contributed by atoms with Crippen LogP contribution < -0.4 is 5.32 Å². The first-order chi connectivity index (χ1) is 6.67. The van der Waals surface area contributed by atoms with E-state index in [1.165, 1.54) is 5.32 Å². The molecule has 15 heavy (non-hydrogen) atoms. The van der Waals surface area contributed by atoms with E-state index in [1.54, 1.807) is 0 Å². The molecule has 1 rings (SSSR count). The highest BCUT2D eigenvalue weighted by Crippen LogP contribution is 2.35. The van der Waals surface area contributed by atoms with Gasteiger partial charge >= 0.3 is 18.1 Å². The summed E-state index contributed by atoms with van der Waals surface area (Å²) in [6.07, 6.45) is -7.92. The lowest BCUT2D eigenvalue weighted by Crippen LogP contribution is -2.65. The largest absolute Gasteiger partial charge is 0.480 e. The third-order valence-electron chi connectivity index (χ3n) is 2.16. The molecule has 4 nitrogen and oxygen atoms in total. The molecule has 0 aromatic heterocycles. The molecule has 86 valence electrons. The Balaban J connectivity index is 2.70. The van der Waals surface area contributed by atoms with Crippen molar-refractivity contribution in [2.24, 2.45) is 0 Å². The summed E-state index contributed by atoms with van der Waals surface area (Å²) in [5.74, 6) is -4.02. The fourth-order valence-corrected chi connectivity index (χ4v) is 1.31. The highest BCUT2D eigenvalue weighted by molar-refractivity contribution is 5.90. The van der Waals surface area contributed by atoms with Crippen LogP contribution in [-0.4, -0.2) is 34.9 Å². The lowest BCUT2D eigenvalue weighted by Gasteiger charge is -2.40. The second-order valence-electron chi connectivity index (χ2n) is 3.34. The Bertz CT molecular complexity index is 295. The van der Waals surface area contributed by atoms with Gasteiger partial charge < -0.3 is 10.4 Å². The van der Waals surface area contributed by atoms with Gasteiger partial charge in [-0.1, -0.05) is 0 Å². The molecule has 1 fully saturated rings. The van der Waals surface area contributed by atoms with Gasteiger partial charge in [0.05, 0.1) is 0 Å². The molecule has 0 saturated heterocycles. The first-order valence-electron chi connectivity index (χ1n) is 3.94. The molecule has 0 bridgehead atoms. The topological polar surface area (TPSA) is 66.4 Å². The number of hydrogen-bond acceptors (Lipinski definition) is 2. The normalized spacial score (nSPS) is 30.5. The molecule has 0 aromatic rings. The average Bonchev–Trinajstić information content (AvgIpc) is 1.98. The summed E-state index contributed by atoms with van der Waals surface area (Å²) in [7, 11) is 0. The summed E-state index contributed by atoms with van der Waals surface area (Å²) in [6, 6.07) is 0. The standard InChI is InChI=1S/C7H7F4NO3/c8-3-1-6(2-3,5(14)15)12-4(13)7(9,10)11/h3H,1-2H2,(H,12,13)(H,14,15). The molecule has 0 spiro atoms. The molecule has 2 N–H and O–H groups in total. The summed E-state index contributed by atoms with van der Waals surface area (Å²) in [4.78, 5) is 21.0. The smallest absolute Gasteiger partial charge is 0.471 e. The maximum atomic E-state index is 12.4. The van der Waals surface area contributed by atoms with Crippen molar-refractivity contribution in [3.05, 3.63) is 0 Å². The maximum Gasteiger partial charge on any atom is 0.471 e. The summed E-state index contributed by atoms with van der Waals surface area (Å²) < 4.78 is 47.8. The summed E-state index contributed by atoms with van der Waals surface area (Å²) in [6.45, 7) is 0. The quantitative estimate of drug-likeness (QED) is 0.682. The van der Waals surface area contributed by atoms with Gasteiger partial charge in [-0.25, -0.2) is 9.18 Å². The minimum atomic E-state index is -5.16. The first kappa shape index (κ1) is 11.7. The van der Waals surface area contributed by atoms with Crippen molar-refractivity contribution in [1.82, 2.24) is 5.32 Å². The van der Waals surface area contributed by atoms with Crippen molar-refractivity contribution >= 4 is 11.9 Å². The van der Waals surface area contributed by atoms with Gasteiger partial charge in [-0.15, -0.1) is 0 Å². The minimum Gasteiger partial charge on any atom is -0.480 e. The molecule has 0 aromatic carbocycles. The number of amides is 1. The van der Waals surface area contributed by atoms with Crippen LogP contribution in [0.4, 0.5) is 17.6 Å². The first-order valence-corrected chi connectivity index (χ1v) is 3.94. The van der Waals surface area contributed by atoms with Gasteiger partial charge in [0.2, 0.25) is 0 Å². The highest BCUT2D eigenvalue weighted by atomic mass is 19.4. The molecule has 1 aliphatic rings. The third-order valence-corrected chi connectivity index (χ3v) is 2.16. The third kappa shape index (κ3) is 2.18. The van der Waals surface area contributed by atoms with E-state index in [2.05, 4.69) is 0 Å². The Labute approximate surface area is 81.3 Å². The predicted octanol–water partition coefficient (Wildman–Crippen LogP) is 0.620. The van der Waals surface area contributed by atoms with E-state index in [1.807, 2.05) is 0 Å². The van der Waals surface area contributed by atoms with Crippen molar-refractivity contribution in [2.75, 3.05) is 0 Å². The van der Waals surface area contributed by atoms with E-state index in [4.69, 9.17) is 5.11 Å². The molecule has 0 heterocycles. The van der Waals surface area contributed by atoms with Gasteiger partial charge in [0.25, 0.3) is 0 Å². The molecule has 0 radical (unpaired) electrons. The van der Waals surface area contributed by atoms with E-state index in [0.717, 1.165) is 0 Å². The van der Waals surface area contributed by atoms with Crippen molar-refractivity contribution in [1.29, 1.82) is 0 Å². The monoisotopic (exact) mass is 229 g/mol. The number of carbonyl (C=O) groups is 2. The number of halogens is 4. The number of alkyl halides is 4. The zero-order chi connectivity index (χ0) is 11.9. The van der Waals surface area contributed by atoms with E-state index in [9.17, 15) is 27.2 Å². The fourth-order valence-electron chi connectivity index (χ4n) is 1.31. The molecule has 1 aliphatic carbocycles. The Hall–Kier alpha value is -1.34. The Morgan fingerprint density at radius 3 is 2.07 bits per heavy atom. The summed E-state index contributed by atoms with van der Waals surface area (Å²) >= 11 is 0. The summed E-state index contributed by atoms with van der Waals surface area (Å²) in [5, 5.41) is 9.86. The van der Waals surface area contributed by atoms with Crippen LogP contribution in [-0.2, 0) is 9.59 Å². The van der Waals surface area contributed by atoms with Gasteiger partial charge in [0.1, 0.15) is 11.7 Å². The number of hydrogen-bond donors (Lipinski definition) is 2. The number of carboxylic acid groups (broad SMARTS) is 1. The van der Waals surface area contributed by atoms with Crippen molar-refractivity contribution in [3.63, 3.8) is 0 Å². The molecule has 1 amide bonds. The van der Waals surface area contributed by atoms with Crippen LogP contribution in [0.5, 0.6) is 0 Å². The molecule has 0 atom stereocenters. The highest BCUT2D eigenvalue weighted by Gasteiger charge is 2.55. The Morgan fingerprint density at radius 2 is 1.80 bits per heavy atom. The van der Waals surface area contributed by atoms with Gasteiger partial charge in [-0.2, -0.15) is 13.2 Å².